The lowest BCUT2D eigenvalue weighted by Gasteiger charge is -2.22. The first-order valence-corrected chi connectivity index (χ1v) is 37.4. The minimum absolute atomic E-state index is 0.0218. The minimum Gasteiger partial charge on any atom is -0.466 e. The standard InChI is InChI=1S/C75H147NO5/c1-3-5-7-9-11-13-15-17-18-19-34-38-41-45-49-53-57-61-65-69-75(80)81-70-66-62-58-54-50-46-42-39-36-33-31-29-27-25-23-21-20-22-24-26-28-30-32-35-37-40-44-48-52-56-60-64-68-74(79)76-72(71-77)73(78)67-63-59-55-51-47-43-16-14-12-10-8-6-4-2/h17-18,72-73,77-78H,3-16,19-71H2,1-2H3,(H,76,79)/b18-17-. The molecule has 0 aliphatic carbocycles. The van der Waals surface area contributed by atoms with Crippen LogP contribution in [0.15, 0.2) is 12.2 Å². The number of allylic oxidation sites excluding steroid dienone is 2. The van der Waals surface area contributed by atoms with Gasteiger partial charge in [-0.15, -0.1) is 0 Å². The molecular formula is C75H147NO5. The topological polar surface area (TPSA) is 95.9 Å². The van der Waals surface area contributed by atoms with Gasteiger partial charge in [-0.3, -0.25) is 9.59 Å². The number of rotatable bonds is 71. The van der Waals surface area contributed by atoms with Crippen molar-refractivity contribution in [1.82, 2.24) is 5.32 Å². The first-order valence-electron chi connectivity index (χ1n) is 37.4. The third-order valence-corrected chi connectivity index (χ3v) is 17.8. The van der Waals surface area contributed by atoms with E-state index < -0.39 is 12.1 Å². The molecule has 81 heavy (non-hydrogen) atoms. The lowest BCUT2D eigenvalue weighted by molar-refractivity contribution is -0.143. The summed E-state index contributed by atoms with van der Waals surface area (Å²) in [6.45, 7) is 4.99. The van der Waals surface area contributed by atoms with Crippen LogP contribution >= 0.6 is 0 Å². The molecule has 0 rings (SSSR count). The number of esters is 1. The van der Waals surface area contributed by atoms with E-state index in [-0.39, 0.29) is 18.5 Å². The quantitative estimate of drug-likeness (QED) is 0.0320. The molecule has 0 fully saturated rings. The van der Waals surface area contributed by atoms with Gasteiger partial charge >= 0.3 is 5.97 Å². The number of unbranched alkanes of at least 4 members (excludes halogenated alkanes) is 58. The molecule has 6 heteroatoms. The zero-order valence-corrected chi connectivity index (χ0v) is 55.3. The van der Waals surface area contributed by atoms with E-state index in [9.17, 15) is 19.8 Å². The molecule has 0 aromatic rings. The van der Waals surface area contributed by atoms with Gasteiger partial charge in [-0.2, -0.15) is 0 Å². The van der Waals surface area contributed by atoms with Crippen LogP contribution in [0, 0.1) is 0 Å². The average Bonchev–Trinajstić information content (AvgIpc) is 3.47. The van der Waals surface area contributed by atoms with Gasteiger partial charge in [0, 0.05) is 12.8 Å². The first kappa shape index (κ1) is 79.6. The van der Waals surface area contributed by atoms with Crippen molar-refractivity contribution in [3.8, 4) is 0 Å². The van der Waals surface area contributed by atoms with Gasteiger partial charge in [0.05, 0.1) is 25.4 Å². The summed E-state index contributed by atoms with van der Waals surface area (Å²) in [6, 6.07) is -0.536. The van der Waals surface area contributed by atoms with Crippen LogP contribution in [0.5, 0.6) is 0 Å². The van der Waals surface area contributed by atoms with Crippen LogP contribution in [-0.4, -0.2) is 47.4 Å². The van der Waals surface area contributed by atoms with Gasteiger partial charge in [-0.1, -0.05) is 379 Å². The molecule has 0 heterocycles. The number of carbonyl (C=O) groups excluding carboxylic acids is 2. The van der Waals surface area contributed by atoms with Crippen molar-refractivity contribution in [2.45, 2.75) is 443 Å². The second-order valence-electron chi connectivity index (χ2n) is 26.0. The van der Waals surface area contributed by atoms with Gasteiger partial charge in [0.15, 0.2) is 0 Å². The highest BCUT2D eigenvalue weighted by Crippen LogP contribution is 2.20. The zero-order chi connectivity index (χ0) is 58.5. The molecule has 2 unspecified atom stereocenters. The molecule has 0 saturated heterocycles. The van der Waals surface area contributed by atoms with Gasteiger partial charge in [-0.05, 0) is 51.4 Å². The summed E-state index contributed by atoms with van der Waals surface area (Å²) >= 11 is 0. The number of carbonyl (C=O) groups is 2. The Hall–Kier alpha value is -1.40. The molecule has 1 amide bonds. The van der Waals surface area contributed by atoms with E-state index in [1.807, 2.05) is 0 Å². The summed E-state index contributed by atoms with van der Waals surface area (Å²) in [5.74, 6) is -0.00585. The summed E-state index contributed by atoms with van der Waals surface area (Å²) in [5, 5.41) is 23.3. The summed E-state index contributed by atoms with van der Waals surface area (Å²) < 4.78 is 5.52. The number of amides is 1. The fraction of sp³-hybridized carbons (Fsp3) is 0.947. The van der Waals surface area contributed by atoms with E-state index >= 15 is 0 Å². The fourth-order valence-electron chi connectivity index (χ4n) is 12.1. The maximum absolute atomic E-state index is 12.5. The van der Waals surface area contributed by atoms with Gasteiger partial charge in [0.1, 0.15) is 0 Å². The van der Waals surface area contributed by atoms with Crippen molar-refractivity contribution < 1.29 is 24.5 Å². The number of hydrogen-bond donors (Lipinski definition) is 3. The third kappa shape index (κ3) is 67.6. The molecule has 0 bridgehead atoms. The molecule has 0 aromatic heterocycles. The number of hydrogen-bond acceptors (Lipinski definition) is 5. The molecule has 0 radical (unpaired) electrons. The van der Waals surface area contributed by atoms with Crippen LogP contribution in [-0.2, 0) is 14.3 Å². The smallest absolute Gasteiger partial charge is 0.305 e. The Morgan fingerprint density at radius 2 is 0.580 bits per heavy atom. The molecule has 0 aliphatic heterocycles. The molecule has 0 saturated carbocycles. The van der Waals surface area contributed by atoms with Crippen LogP contribution in [0.3, 0.4) is 0 Å². The number of nitrogens with one attached hydrogen (secondary N) is 1. The SMILES string of the molecule is CCCCCCCC/C=C\CCCCCCCCCCCC(=O)OCCCCCCCCCCCCCCCCCCCCCCCCCCCCCCCCCCC(=O)NC(CO)C(O)CCCCCCCCCCCCCCC. The lowest BCUT2D eigenvalue weighted by atomic mass is 10.0. The van der Waals surface area contributed by atoms with Crippen molar-refractivity contribution in [1.29, 1.82) is 0 Å². The largest absolute Gasteiger partial charge is 0.466 e. The van der Waals surface area contributed by atoms with Crippen molar-refractivity contribution in [2.24, 2.45) is 0 Å². The van der Waals surface area contributed by atoms with Gasteiger partial charge < -0.3 is 20.3 Å². The van der Waals surface area contributed by atoms with Crippen LogP contribution in [0.4, 0.5) is 0 Å². The summed E-state index contributed by atoms with van der Waals surface area (Å²) in [4.78, 5) is 24.6. The number of aliphatic hydroxyl groups is 2. The van der Waals surface area contributed by atoms with Crippen LogP contribution in [0.1, 0.15) is 431 Å². The zero-order valence-electron chi connectivity index (χ0n) is 55.3. The van der Waals surface area contributed by atoms with E-state index in [2.05, 4.69) is 31.3 Å². The monoisotopic (exact) mass is 1140 g/mol. The molecule has 0 aromatic carbocycles. The van der Waals surface area contributed by atoms with Gasteiger partial charge in [-0.25, -0.2) is 0 Å². The van der Waals surface area contributed by atoms with Crippen molar-refractivity contribution >= 4 is 11.9 Å². The average molecular weight is 1140 g/mol. The van der Waals surface area contributed by atoms with Crippen molar-refractivity contribution in [3.05, 3.63) is 12.2 Å². The van der Waals surface area contributed by atoms with Crippen molar-refractivity contribution in [3.63, 3.8) is 0 Å². The Bertz CT molecular complexity index is 1220. The Morgan fingerprint density at radius 1 is 0.333 bits per heavy atom. The van der Waals surface area contributed by atoms with Crippen LogP contribution in [0.2, 0.25) is 0 Å². The summed E-state index contributed by atoms with van der Waals surface area (Å²) in [6.07, 6.45) is 88.6. The molecule has 482 valence electrons. The van der Waals surface area contributed by atoms with Gasteiger partial charge in [0.25, 0.3) is 0 Å². The van der Waals surface area contributed by atoms with E-state index in [4.69, 9.17) is 4.74 Å². The van der Waals surface area contributed by atoms with E-state index in [1.54, 1.807) is 0 Å². The Morgan fingerprint density at radius 3 is 0.877 bits per heavy atom. The molecule has 0 spiro atoms. The predicted octanol–water partition coefficient (Wildman–Crippen LogP) is 24.3. The highest BCUT2D eigenvalue weighted by atomic mass is 16.5. The molecule has 3 N–H and O–H groups in total. The normalized spacial score (nSPS) is 12.5. The number of aliphatic hydroxyl groups excluding tert-OH is 2. The molecule has 0 aliphatic rings. The molecule has 2 atom stereocenters. The van der Waals surface area contributed by atoms with E-state index in [1.165, 1.54) is 360 Å². The molecular weight excluding hydrogens is 995 g/mol. The Labute approximate surface area is 508 Å². The van der Waals surface area contributed by atoms with E-state index in [0.717, 1.165) is 38.5 Å². The molecule has 6 nitrogen and oxygen atoms in total. The van der Waals surface area contributed by atoms with Crippen molar-refractivity contribution in [2.75, 3.05) is 13.2 Å². The number of ether oxygens (including phenoxy) is 1. The summed E-state index contributed by atoms with van der Waals surface area (Å²) in [7, 11) is 0. The van der Waals surface area contributed by atoms with Crippen LogP contribution in [0.25, 0.3) is 0 Å². The van der Waals surface area contributed by atoms with E-state index in [0.29, 0.717) is 25.9 Å². The maximum atomic E-state index is 12.5. The second kappa shape index (κ2) is 71.1. The lowest BCUT2D eigenvalue weighted by Crippen LogP contribution is -2.45. The maximum Gasteiger partial charge on any atom is 0.305 e. The highest BCUT2D eigenvalue weighted by Gasteiger charge is 2.20. The Kier molecular flexibility index (Phi) is 69.9. The summed E-state index contributed by atoms with van der Waals surface area (Å²) in [5.41, 5.74) is 0. The minimum atomic E-state index is -0.659. The predicted molar refractivity (Wildman–Crippen MR) is 357 cm³/mol. The van der Waals surface area contributed by atoms with Gasteiger partial charge in [0.2, 0.25) is 5.91 Å². The fourth-order valence-corrected chi connectivity index (χ4v) is 12.1. The Balaban J connectivity index is 3.29. The first-order chi connectivity index (χ1) is 40.0. The highest BCUT2D eigenvalue weighted by molar-refractivity contribution is 5.76. The third-order valence-electron chi connectivity index (χ3n) is 17.8. The van der Waals surface area contributed by atoms with Crippen LogP contribution < -0.4 is 5.32 Å². The second-order valence-corrected chi connectivity index (χ2v) is 26.0.